The number of hydrogen-bond donors (Lipinski definition) is 3. The van der Waals surface area contributed by atoms with Gasteiger partial charge in [0.1, 0.15) is 0 Å². The van der Waals surface area contributed by atoms with Gasteiger partial charge in [-0.1, -0.05) is 19.3 Å². The van der Waals surface area contributed by atoms with Gasteiger partial charge in [0.25, 0.3) is 0 Å². The second-order valence-electron chi connectivity index (χ2n) is 5.42. The second-order valence-corrected chi connectivity index (χ2v) is 5.42. The molecule has 0 unspecified atom stereocenters. The maximum atomic E-state index is 12.6. The second kappa shape index (κ2) is 5.52. The van der Waals surface area contributed by atoms with E-state index in [1.165, 1.54) is 6.07 Å². The predicted octanol–water partition coefficient (Wildman–Crippen LogP) is 3.39. The summed E-state index contributed by atoms with van der Waals surface area (Å²) in [6.07, 6.45) is 0.300. The van der Waals surface area contributed by atoms with Crippen molar-refractivity contribution in [3.63, 3.8) is 0 Å². The van der Waals surface area contributed by atoms with Crippen molar-refractivity contribution in [2.75, 3.05) is 17.7 Å². The normalized spacial score (nSPS) is 18.8. The van der Waals surface area contributed by atoms with Crippen molar-refractivity contribution in [3.8, 4) is 0 Å². The molecule has 0 heterocycles. The van der Waals surface area contributed by atoms with Gasteiger partial charge < -0.3 is 16.2 Å². The number of nitrogens with one attached hydrogen (secondary N) is 1. The highest BCUT2D eigenvalue weighted by Gasteiger charge is 2.33. The molecule has 1 fully saturated rings. The lowest BCUT2D eigenvalue weighted by Gasteiger charge is -2.37. The van der Waals surface area contributed by atoms with Crippen LogP contribution in [0.15, 0.2) is 18.2 Å². The first kappa shape index (κ1) is 15.0. The summed E-state index contributed by atoms with van der Waals surface area (Å²) in [5.41, 5.74) is 4.98. The van der Waals surface area contributed by atoms with Crippen LogP contribution in [0.3, 0.4) is 0 Å². The summed E-state index contributed by atoms with van der Waals surface area (Å²) in [6.45, 7) is -0.0482. The molecule has 0 amide bonds. The van der Waals surface area contributed by atoms with Gasteiger partial charge in [0.2, 0.25) is 0 Å². The maximum Gasteiger partial charge on any atom is 0.416 e. The van der Waals surface area contributed by atoms with Crippen LogP contribution in [0.4, 0.5) is 24.5 Å². The molecule has 2 rings (SSSR count). The van der Waals surface area contributed by atoms with E-state index in [0.717, 1.165) is 44.2 Å². The molecule has 0 aliphatic heterocycles. The number of hydrogen-bond acceptors (Lipinski definition) is 3. The zero-order valence-corrected chi connectivity index (χ0v) is 11.1. The Morgan fingerprint density at radius 3 is 2.35 bits per heavy atom. The van der Waals surface area contributed by atoms with E-state index in [4.69, 9.17) is 5.73 Å². The molecule has 0 radical (unpaired) electrons. The number of aliphatic hydroxyl groups is 1. The lowest BCUT2D eigenvalue weighted by Crippen LogP contribution is -2.44. The van der Waals surface area contributed by atoms with Gasteiger partial charge >= 0.3 is 6.18 Å². The molecule has 1 aliphatic carbocycles. The van der Waals surface area contributed by atoms with Crippen molar-refractivity contribution in [2.45, 2.75) is 43.8 Å². The Hall–Kier alpha value is -1.43. The Morgan fingerprint density at radius 1 is 1.20 bits per heavy atom. The SMILES string of the molecule is Nc1cc(C(F)(F)F)ccc1NC1(CO)CCCCC1. The zero-order chi connectivity index (χ0) is 14.8. The van der Waals surface area contributed by atoms with Gasteiger partial charge in [-0.15, -0.1) is 0 Å². The van der Waals surface area contributed by atoms with Gasteiger partial charge in [0.15, 0.2) is 0 Å². The highest BCUT2D eigenvalue weighted by Crippen LogP contribution is 2.36. The van der Waals surface area contributed by atoms with Gasteiger partial charge in [-0.2, -0.15) is 13.2 Å². The standard InChI is InChI=1S/C14H19F3N2O/c15-14(16,17)10-4-5-12(11(18)8-10)19-13(9-20)6-2-1-3-7-13/h4-5,8,19-20H,1-3,6-7,9,18H2. The van der Waals surface area contributed by atoms with Crippen molar-refractivity contribution in [2.24, 2.45) is 0 Å². The molecule has 1 aliphatic rings. The Labute approximate surface area is 116 Å². The summed E-state index contributed by atoms with van der Waals surface area (Å²) in [6, 6.07) is 3.27. The highest BCUT2D eigenvalue weighted by atomic mass is 19.4. The van der Waals surface area contributed by atoms with Crippen LogP contribution in [0.5, 0.6) is 0 Å². The third kappa shape index (κ3) is 3.17. The van der Waals surface area contributed by atoms with Crippen LogP contribution in [0.2, 0.25) is 0 Å². The summed E-state index contributed by atoms with van der Waals surface area (Å²) < 4.78 is 37.8. The van der Waals surface area contributed by atoms with Crippen LogP contribution in [0, 0.1) is 0 Å². The number of halogens is 3. The first-order valence-electron chi connectivity index (χ1n) is 6.72. The van der Waals surface area contributed by atoms with E-state index >= 15 is 0 Å². The van der Waals surface area contributed by atoms with Gasteiger partial charge in [-0.25, -0.2) is 0 Å². The van der Waals surface area contributed by atoms with Crippen molar-refractivity contribution < 1.29 is 18.3 Å². The number of aliphatic hydroxyl groups excluding tert-OH is 1. The first-order chi connectivity index (χ1) is 9.36. The fourth-order valence-electron chi connectivity index (χ4n) is 2.69. The van der Waals surface area contributed by atoms with Crippen LogP contribution < -0.4 is 11.1 Å². The van der Waals surface area contributed by atoms with E-state index in [9.17, 15) is 18.3 Å². The lowest BCUT2D eigenvalue weighted by molar-refractivity contribution is -0.137. The molecule has 3 nitrogen and oxygen atoms in total. The molecule has 4 N–H and O–H groups in total. The monoisotopic (exact) mass is 288 g/mol. The molecular weight excluding hydrogens is 269 g/mol. The van der Waals surface area contributed by atoms with Crippen LogP contribution in [0.25, 0.3) is 0 Å². The van der Waals surface area contributed by atoms with Crippen LogP contribution in [0.1, 0.15) is 37.7 Å². The number of benzene rings is 1. The molecule has 1 aromatic rings. The maximum absolute atomic E-state index is 12.6. The number of anilines is 2. The topological polar surface area (TPSA) is 58.3 Å². The van der Waals surface area contributed by atoms with E-state index in [-0.39, 0.29) is 12.3 Å². The molecule has 6 heteroatoms. The van der Waals surface area contributed by atoms with Crippen molar-refractivity contribution in [3.05, 3.63) is 23.8 Å². The van der Waals surface area contributed by atoms with Crippen molar-refractivity contribution in [1.29, 1.82) is 0 Å². The van der Waals surface area contributed by atoms with Crippen molar-refractivity contribution in [1.82, 2.24) is 0 Å². The van der Waals surface area contributed by atoms with Gasteiger partial charge in [-0.3, -0.25) is 0 Å². The minimum atomic E-state index is -4.40. The van der Waals surface area contributed by atoms with Gasteiger partial charge in [0.05, 0.1) is 29.1 Å². The fourth-order valence-corrected chi connectivity index (χ4v) is 2.69. The summed E-state index contributed by atoms with van der Waals surface area (Å²) in [5.74, 6) is 0. The predicted molar refractivity (Wildman–Crippen MR) is 72.4 cm³/mol. The summed E-state index contributed by atoms with van der Waals surface area (Å²) >= 11 is 0. The Bertz CT molecular complexity index is 468. The van der Waals surface area contributed by atoms with Crippen LogP contribution in [-0.4, -0.2) is 17.3 Å². The molecule has 0 bridgehead atoms. The van der Waals surface area contributed by atoms with Gasteiger partial charge in [0, 0.05) is 0 Å². The Kier molecular flexibility index (Phi) is 4.13. The number of nitrogen functional groups attached to an aromatic ring is 1. The molecule has 0 saturated heterocycles. The van der Waals surface area contributed by atoms with E-state index in [0.29, 0.717) is 5.69 Å². The molecule has 1 saturated carbocycles. The number of alkyl halides is 3. The molecule has 20 heavy (non-hydrogen) atoms. The van der Waals surface area contributed by atoms with E-state index in [2.05, 4.69) is 5.32 Å². The van der Waals surface area contributed by atoms with E-state index in [1.54, 1.807) is 0 Å². The Balaban J connectivity index is 2.21. The van der Waals surface area contributed by atoms with Crippen molar-refractivity contribution >= 4 is 11.4 Å². The van der Waals surface area contributed by atoms with E-state index < -0.39 is 17.3 Å². The molecule has 1 aromatic carbocycles. The minimum Gasteiger partial charge on any atom is -0.397 e. The van der Waals surface area contributed by atoms with E-state index in [1.807, 2.05) is 0 Å². The smallest absolute Gasteiger partial charge is 0.397 e. The third-order valence-corrected chi connectivity index (χ3v) is 3.89. The zero-order valence-electron chi connectivity index (χ0n) is 11.1. The summed E-state index contributed by atoms with van der Waals surface area (Å²) in [7, 11) is 0. The lowest BCUT2D eigenvalue weighted by atomic mass is 9.82. The minimum absolute atomic E-state index is 0.0482. The molecule has 0 aromatic heterocycles. The average Bonchev–Trinajstić information content (AvgIpc) is 2.41. The highest BCUT2D eigenvalue weighted by molar-refractivity contribution is 5.68. The third-order valence-electron chi connectivity index (χ3n) is 3.89. The first-order valence-corrected chi connectivity index (χ1v) is 6.72. The average molecular weight is 288 g/mol. The number of nitrogens with two attached hydrogens (primary N) is 1. The quantitative estimate of drug-likeness (QED) is 0.747. The Morgan fingerprint density at radius 2 is 1.85 bits per heavy atom. The molecule has 0 spiro atoms. The van der Waals surface area contributed by atoms with Gasteiger partial charge in [-0.05, 0) is 31.0 Å². The summed E-state index contributed by atoms with van der Waals surface area (Å²) in [4.78, 5) is 0. The molecule has 0 atom stereocenters. The van der Waals surface area contributed by atoms with Crippen LogP contribution >= 0.6 is 0 Å². The number of rotatable bonds is 3. The summed E-state index contributed by atoms with van der Waals surface area (Å²) in [5, 5.41) is 12.7. The molecule has 112 valence electrons. The largest absolute Gasteiger partial charge is 0.416 e. The fraction of sp³-hybridized carbons (Fsp3) is 0.571. The van der Waals surface area contributed by atoms with Crippen LogP contribution in [-0.2, 0) is 6.18 Å². The molecular formula is C14H19F3N2O.